The Hall–Kier alpha value is -3.42. The number of benzene rings is 1. The Kier molecular flexibility index (Phi) is 5.12. The zero-order valence-electron chi connectivity index (χ0n) is 14.5. The van der Waals surface area contributed by atoms with Gasteiger partial charge in [-0.1, -0.05) is 18.2 Å². The molecule has 0 bridgehead atoms. The molecule has 0 fully saturated rings. The number of allylic oxidation sites excluding steroid dienone is 1. The van der Waals surface area contributed by atoms with Crippen LogP contribution in [0.5, 0.6) is 0 Å². The minimum Gasteiger partial charge on any atom is -0.368 e. The SMILES string of the molecule is C/C=C/c1cc(Nc2cc(NC(C)c3ccc(F)cc3)nc(N)n2)n[nH]1. The molecule has 1 aromatic carbocycles. The Balaban J connectivity index is 1.75. The van der Waals surface area contributed by atoms with E-state index in [9.17, 15) is 4.39 Å². The van der Waals surface area contributed by atoms with E-state index in [1.807, 2.05) is 32.1 Å². The first-order chi connectivity index (χ1) is 12.5. The van der Waals surface area contributed by atoms with Gasteiger partial charge >= 0.3 is 0 Å². The van der Waals surface area contributed by atoms with E-state index in [0.29, 0.717) is 17.5 Å². The minimum atomic E-state index is -0.269. The number of hydrogen-bond donors (Lipinski definition) is 4. The molecule has 134 valence electrons. The van der Waals surface area contributed by atoms with E-state index in [0.717, 1.165) is 11.3 Å². The highest BCUT2D eigenvalue weighted by atomic mass is 19.1. The fourth-order valence-corrected chi connectivity index (χ4v) is 2.46. The number of nitrogens with one attached hydrogen (secondary N) is 3. The van der Waals surface area contributed by atoms with Crippen molar-refractivity contribution in [2.45, 2.75) is 19.9 Å². The molecule has 0 saturated carbocycles. The number of aromatic nitrogens is 4. The fourth-order valence-electron chi connectivity index (χ4n) is 2.46. The number of anilines is 4. The van der Waals surface area contributed by atoms with Crippen molar-refractivity contribution in [1.29, 1.82) is 0 Å². The monoisotopic (exact) mass is 353 g/mol. The van der Waals surface area contributed by atoms with Gasteiger partial charge in [0.2, 0.25) is 5.95 Å². The van der Waals surface area contributed by atoms with E-state index in [1.165, 1.54) is 12.1 Å². The number of nitrogens with zero attached hydrogens (tertiary/aromatic N) is 3. The summed E-state index contributed by atoms with van der Waals surface area (Å²) < 4.78 is 13.1. The number of nitrogens with two attached hydrogens (primary N) is 1. The van der Waals surface area contributed by atoms with Gasteiger partial charge in [0.1, 0.15) is 17.5 Å². The van der Waals surface area contributed by atoms with E-state index >= 15 is 0 Å². The predicted octanol–water partition coefficient (Wildman–Crippen LogP) is 3.87. The van der Waals surface area contributed by atoms with Crippen molar-refractivity contribution in [2.24, 2.45) is 0 Å². The molecule has 0 aliphatic heterocycles. The summed E-state index contributed by atoms with van der Waals surface area (Å²) in [7, 11) is 0. The summed E-state index contributed by atoms with van der Waals surface area (Å²) in [6, 6.07) is 9.81. The van der Waals surface area contributed by atoms with Gasteiger partial charge in [-0.25, -0.2) is 4.39 Å². The minimum absolute atomic E-state index is 0.0792. The highest BCUT2D eigenvalue weighted by Gasteiger charge is 2.09. The molecular weight excluding hydrogens is 333 g/mol. The lowest BCUT2D eigenvalue weighted by atomic mass is 10.1. The molecule has 3 aromatic rings. The fraction of sp³-hybridized carbons (Fsp3) is 0.167. The van der Waals surface area contributed by atoms with Gasteiger partial charge in [0.25, 0.3) is 0 Å². The van der Waals surface area contributed by atoms with Crippen LogP contribution in [0.2, 0.25) is 0 Å². The molecule has 2 heterocycles. The smallest absolute Gasteiger partial charge is 0.223 e. The molecule has 8 heteroatoms. The van der Waals surface area contributed by atoms with Gasteiger partial charge in [0, 0.05) is 18.2 Å². The van der Waals surface area contributed by atoms with Gasteiger partial charge in [-0.3, -0.25) is 5.10 Å². The molecule has 0 spiro atoms. The normalized spacial score (nSPS) is 12.3. The van der Waals surface area contributed by atoms with Crippen molar-refractivity contribution < 1.29 is 4.39 Å². The first-order valence-corrected chi connectivity index (χ1v) is 8.15. The highest BCUT2D eigenvalue weighted by molar-refractivity contribution is 5.60. The molecule has 5 N–H and O–H groups in total. The maximum absolute atomic E-state index is 13.1. The summed E-state index contributed by atoms with van der Waals surface area (Å²) in [5, 5.41) is 13.4. The van der Waals surface area contributed by atoms with E-state index in [4.69, 9.17) is 5.73 Å². The molecule has 1 atom stereocenters. The number of aromatic amines is 1. The second-order valence-corrected chi connectivity index (χ2v) is 5.75. The summed E-state index contributed by atoms with van der Waals surface area (Å²) in [4.78, 5) is 8.37. The molecule has 7 nitrogen and oxygen atoms in total. The van der Waals surface area contributed by atoms with Crippen LogP contribution in [0.25, 0.3) is 6.08 Å². The van der Waals surface area contributed by atoms with Gasteiger partial charge in [0.05, 0.1) is 5.69 Å². The van der Waals surface area contributed by atoms with Crippen LogP contribution >= 0.6 is 0 Å². The van der Waals surface area contributed by atoms with Crippen LogP contribution in [0, 0.1) is 5.82 Å². The quantitative estimate of drug-likeness (QED) is 0.536. The van der Waals surface area contributed by atoms with Crippen molar-refractivity contribution in [2.75, 3.05) is 16.4 Å². The molecule has 2 aromatic heterocycles. The summed E-state index contributed by atoms with van der Waals surface area (Å²) >= 11 is 0. The van der Waals surface area contributed by atoms with Gasteiger partial charge in [-0.05, 0) is 37.6 Å². The zero-order valence-corrected chi connectivity index (χ0v) is 14.5. The molecule has 0 amide bonds. The maximum atomic E-state index is 13.1. The molecular formula is C18H20FN7. The lowest BCUT2D eigenvalue weighted by Gasteiger charge is -2.16. The van der Waals surface area contributed by atoms with Crippen LogP contribution in [0.15, 0.2) is 42.5 Å². The topological polar surface area (TPSA) is 105 Å². The molecule has 3 rings (SSSR count). The van der Waals surface area contributed by atoms with E-state index in [-0.39, 0.29) is 17.8 Å². The standard InChI is InChI=1S/C18H20FN7/c1-3-4-14-9-17(26-25-14)22-16-10-15(23-18(20)24-16)21-11(2)12-5-7-13(19)8-6-12/h3-11H,1-2H3,(H5,20,21,22,23,24,25,26)/b4-3+. The second kappa shape index (κ2) is 7.64. The second-order valence-electron chi connectivity index (χ2n) is 5.75. The molecule has 0 aliphatic rings. The summed E-state index contributed by atoms with van der Waals surface area (Å²) in [5.41, 5.74) is 7.62. The van der Waals surface area contributed by atoms with Crippen molar-refractivity contribution >= 4 is 29.5 Å². The molecule has 0 radical (unpaired) electrons. The van der Waals surface area contributed by atoms with Gasteiger partial charge < -0.3 is 16.4 Å². The van der Waals surface area contributed by atoms with Crippen molar-refractivity contribution in [3.05, 3.63) is 59.5 Å². The van der Waals surface area contributed by atoms with Gasteiger partial charge in [-0.15, -0.1) is 0 Å². The Labute approximate surface area is 150 Å². The molecule has 26 heavy (non-hydrogen) atoms. The Morgan fingerprint density at radius 1 is 1.12 bits per heavy atom. The highest BCUT2D eigenvalue weighted by Crippen LogP contribution is 2.22. The number of H-pyrrole nitrogens is 1. The number of rotatable bonds is 6. The lowest BCUT2D eigenvalue weighted by molar-refractivity contribution is 0.626. The van der Waals surface area contributed by atoms with Crippen molar-refractivity contribution in [3.8, 4) is 0 Å². The average molecular weight is 353 g/mol. The van der Waals surface area contributed by atoms with Gasteiger partial charge in [0.15, 0.2) is 5.82 Å². The van der Waals surface area contributed by atoms with Crippen molar-refractivity contribution in [1.82, 2.24) is 20.2 Å². The predicted molar refractivity (Wildman–Crippen MR) is 101 cm³/mol. The Bertz CT molecular complexity index is 902. The first-order valence-electron chi connectivity index (χ1n) is 8.15. The Morgan fingerprint density at radius 3 is 2.58 bits per heavy atom. The molecule has 0 aliphatic carbocycles. The van der Waals surface area contributed by atoms with E-state index in [1.54, 1.807) is 18.2 Å². The number of nitrogen functional groups attached to an aromatic ring is 1. The third kappa shape index (κ3) is 4.35. The molecule has 1 unspecified atom stereocenters. The number of halogens is 1. The van der Waals surface area contributed by atoms with Gasteiger partial charge in [-0.2, -0.15) is 15.1 Å². The van der Waals surface area contributed by atoms with Crippen molar-refractivity contribution in [3.63, 3.8) is 0 Å². The molecule has 0 saturated heterocycles. The lowest BCUT2D eigenvalue weighted by Crippen LogP contribution is -2.10. The van der Waals surface area contributed by atoms with E-state index < -0.39 is 0 Å². The largest absolute Gasteiger partial charge is 0.368 e. The number of hydrogen-bond acceptors (Lipinski definition) is 6. The third-order valence-electron chi connectivity index (χ3n) is 3.68. The van der Waals surface area contributed by atoms with Crippen LogP contribution in [0.4, 0.5) is 27.8 Å². The maximum Gasteiger partial charge on any atom is 0.223 e. The zero-order chi connectivity index (χ0) is 18.5. The summed E-state index contributed by atoms with van der Waals surface area (Å²) in [6.07, 6.45) is 3.82. The Morgan fingerprint density at radius 2 is 1.85 bits per heavy atom. The van der Waals surface area contributed by atoms with Crippen LogP contribution < -0.4 is 16.4 Å². The van der Waals surface area contributed by atoms with E-state index in [2.05, 4.69) is 30.8 Å². The van der Waals surface area contributed by atoms with Crippen LogP contribution in [-0.4, -0.2) is 20.2 Å². The van der Waals surface area contributed by atoms with Crippen LogP contribution in [0.3, 0.4) is 0 Å². The summed E-state index contributed by atoms with van der Waals surface area (Å²) in [6.45, 7) is 3.88. The summed E-state index contributed by atoms with van der Waals surface area (Å²) in [5.74, 6) is 1.56. The van der Waals surface area contributed by atoms with Crippen LogP contribution in [0.1, 0.15) is 31.1 Å². The first kappa shape index (κ1) is 17.4. The third-order valence-corrected chi connectivity index (χ3v) is 3.68. The van der Waals surface area contributed by atoms with Crippen LogP contribution in [-0.2, 0) is 0 Å². The average Bonchev–Trinajstić information content (AvgIpc) is 3.02.